The van der Waals surface area contributed by atoms with Crippen molar-refractivity contribution in [1.29, 1.82) is 10.5 Å². The highest BCUT2D eigenvalue weighted by Gasteiger charge is 2.41. The summed E-state index contributed by atoms with van der Waals surface area (Å²) in [4.78, 5) is 6.14. The number of nitrogens with zero attached hydrogens (tertiary/aromatic N) is 3. The van der Waals surface area contributed by atoms with Gasteiger partial charge in [-0.15, -0.1) is 0 Å². The zero-order valence-corrected chi connectivity index (χ0v) is 13.1. The number of para-hydroxylation sites is 1. The fourth-order valence-corrected chi connectivity index (χ4v) is 4.61. The summed E-state index contributed by atoms with van der Waals surface area (Å²) in [7, 11) is 0. The van der Waals surface area contributed by atoms with Gasteiger partial charge >= 0.3 is 0 Å². The van der Waals surface area contributed by atoms with Crippen LogP contribution < -0.4 is 0 Å². The van der Waals surface area contributed by atoms with Gasteiger partial charge in [0.25, 0.3) is 0 Å². The molecular formula is C19H20N4. The first-order valence-corrected chi connectivity index (χ1v) is 8.39. The monoisotopic (exact) mass is 304 g/mol. The molecular weight excluding hydrogens is 284 g/mol. The minimum Gasteiger partial charge on any atom is -0.357 e. The number of rotatable bonds is 2. The highest BCUT2D eigenvalue weighted by molar-refractivity contribution is 5.85. The van der Waals surface area contributed by atoms with E-state index < -0.39 is 0 Å². The largest absolute Gasteiger partial charge is 0.357 e. The molecule has 3 atom stereocenters. The van der Waals surface area contributed by atoms with E-state index in [2.05, 4.69) is 46.3 Å². The maximum atomic E-state index is 9.27. The number of fused-ring (bicyclic) bond motifs is 5. The predicted molar refractivity (Wildman–Crippen MR) is 88.4 cm³/mol. The van der Waals surface area contributed by atoms with E-state index in [0.29, 0.717) is 30.7 Å². The van der Waals surface area contributed by atoms with Crippen molar-refractivity contribution in [1.82, 2.24) is 9.88 Å². The first-order valence-electron chi connectivity index (χ1n) is 8.39. The van der Waals surface area contributed by atoms with Gasteiger partial charge in [-0.3, -0.25) is 4.90 Å². The average Bonchev–Trinajstić information content (AvgIpc) is 2.94. The van der Waals surface area contributed by atoms with Crippen LogP contribution in [0.15, 0.2) is 24.3 Å². The minimum absolute atomic E-state index is 0.306. The fourth-order valence-electron chi connectivity index (χ4n) is 4.61. The molecule has 0 radical (unpaired) electrons. The first kappa shape index (κ1) is 14.3. The van der Waals surface area contributed by atoms with Gasteiger partial charge in [-0.05, 0) is 36.3 Å². The van der Waals surface area contributed by atoms with E-state index >= 15 is 0 Å². The van der Waals surface area contributed by atoms with Gasteiger partial charge in [0, 0.05) is 42.5 Å². The molecule has 116 valence electrons. The van der Waals surface area contributed by atoms with Gasteiger partial charge in [-0.2, -0.15) is 10.5 Å². The molecule has 0 amide bonds. The zero-order chi connectivity index (χ0) is 15.8. The van der Waals surface area contributed by atoms with Crippen LogP contribution >= 0.6 is 0 Å². The van der Waals surface area contributed by atoms with E-state index in [4.69, 9.17) is 5.26 Å². The number of piperidine rings is 1. The molecule has 0 unspecified atom stereocenters. The molecule has 0 bridgehead atoms. The van der Waals surface area contributed by atoms with Crippen molar-refractivity contribution in [3.05, 3.63) is 35.5 Å². The van der Waals surface area contributed by atoms with E-state index in [0.717, 1.165) is 25.9 Å². The van der Waals surface area contributed by atoms with Crippen molar-refractivity contribution >= 4 is 10.9 Å². The molecule has 4 rings (SSSR count). The normalized spacial score (nSPS) is 27.0. The lowest BCUT2D eigenvalue weighted by Crippen LogP contribution is -2.46. The molecule has 1 saturated heterocycles. The van der Waals surface area contributed by atoms with Crippen molar-refractivity contribution in [2.45, 2.75) is 31.7 Å². The second kappa shape index (κ2) is 5.72. The molecule has 4 heteroatoms. The summed E-state index contributed by atoms with van der Waals surface area (Å²) in [5.41, 5.74) is 3.95. The van der Waals surface area contributed by atoms with Crippen LogP contribution in [0.25, 0.3) is 10.9 Å². The fraction of sp³-hybridized carbons (Fsp3) is 0.474. The lowest BCUT2D eigenvalue weighted by Gasteiger charge is -2.46. The Labute approximate surface area is 136 Å². The molecule has 23 heavy (non-hydrogen) atoms. The Morgan fingerprint density at radius 1 is 1.17 bits per heavy atom. The Morgan fingerprint density at radius 2 is 2.00 bits per heavy atom. The molecule has 4 nitrogen and oxygen atoms in total. The van der Waals surface area contributed by atoms with Crippen molar-refractivity contribution < 1.29 is 0 Å². The second-order valence-electron chi connectivity index (χ2n) is 6.84. The Kier molecular flexibility index (Phi) is 3.56. The van der Waals surface area contributed by atoms with Gasteiger partial charge < -0.3 is 4.98 Å². The SMILES string of the molecule is N#CC[C@H]1C[C@H](CC#N)[C@H]2c3[nH]c4ccccc4c3CCN2C1. The molecule has 0 aliphatic carbocycles. The first-order chi connectivity index (χ1) is 11.3. The number of nitrogens with one attached hydrogen (secondary N) is 1. The van der Waals surface area contributed by atoms with Gasteiger partial charge in [-0.25, -0.2) is 0 Å². The van der Waals surface area contributed by atoms with Crippen molar-refractivity contribution in [3.8, 4) is 12.1 Å². The van der Waals surface area contributed by atoms with Gasteiger partial charge in [0.2, 0.25) is 0 Å². The second-order valence-corrected chi connectivity index (χ2v) is 6.84. The number of aromatic amines is 1. The van der Waals surface area contributed by atoms with Crippen molar-refractivity contribution in [2.75, 3.05) is 13.1 Å². The number of hydrogen-bond acceptors (Lipinski definition) is 3. The molecule has 2 aliphatic rings. The smallest absolute Gasteiger partial charge is 0.0625 e. The van der Waals surface area contributed by atoms with Gasteiger partial charge in [0.15, 0.2) is 0 Å². The predicted octanol–water partition coefficient (Wildman–Crippen LogP) is 3.53. The molecule has 1 aromatic heterocycles. The van der Waals surface area contributed by atoms with Gasteiger partial charge in [0.1, 0.15) is 0 Å². The Morgan fingerprint density at radius 3 is 2.83 bits per heavy atom. The molecule has 1 aromatic carbocycles. The van der Waals surface area contributed by atoms with E-state index in [9.17, 15) is 5.26 Å². The third kappa shape index (κ3) is 2.31. The number of nitriles is 2. The maximum absolute atomic E-state index is 9.27. The molecule has 3 heterocycles. The summed E-state index contributed by atoms with van der Waals surface area (Å²) < 4.78 is 0. The highest BCUT2D eigenvalue weighted by atomic mass is 15.2. The Bertz CT molecular complexity index is 807. The maximum Gasteiger partial charge on any atom is 0.0625 e. The lowest BCUT2D eigenvalue weighted by atomic mass is 9.76. The molecule has 2 aliphatic heterocycles. The van der Waals surface area contributed by atoms with Crippen LogP contribution in [-0.2, 0) is 6.42 Å². The van der Waals surface area contributed by atoms with Gasteiger partial charge in [-0.1, -0.05) is 18.2 Å². The standard InChI is InChI=1S/C19H20N4/c20-8-5-13-11-14(6-9-21)19-18-16(7-10-23(19)12-13)15-3-1-2-4-17(15)22-18/h1-4,13-14,19,22H,5-7,10-12H2/t13-,14-,19-/m0/s1. The van der Waals surface area contributed by atoms with Crippen LogP contribution in [0.2, 0.25) is 0 Å². The van der Waals surface area contributed by atoms with Crippen molar-refractivity contribution in [3.63, 3.8) is 0 Å². The zero-order valence-electron chi connectivity index (χ0n) is 13.1. The van der Waals surface area contributed by atoms with Crippen LogP contribution in [0.5, 0.6) is 0 Å². The molecule has 1 N–H and O–H groups in total. The summed E-state index contributed by atoms with van der Waals surface area (Å²) in [6.45, 7) is 2.01. The number of benzene rings is 1. The quantitative estimate of drug-likeness (QED) is 0.923. The van der Waals surface area contributed by atoms with Gasteiger partial charge in [0.05, 0.1) is 18.2 Å². The Hall–Kier alpha value is -2.30. The molecule has 0 spiro atoms. The summed E-state index contributed by atoms with van der Waals surface area (Å²) in [6.07, 6.45) is 3.20. The summed E-state index contributed by atoms with van der Waals surface area (Å²) in [5.74, 6) is 0.722. The van der Waals surface area contributed by atoms with E-state index in [-0.39, 0.29) is 0 Å². The van der Waals surface area contributed by atoms with Crippen LogP contribution in [0.1, 0.15) is 36.6 Å². The molecule has 0 saturated carbocycles. The Balaban J connectivity index is 1.76. The minimum atomic E-state index is 0.306. The summed E-state index contributed by atoms with van der Waals surface area (Å²) in [5, 5.41) is 19.6. The van der Waals surface area contributed by atoms with Crippen LogP contribution in [0.3, 0.4) is 0 Å². The number of aromatic nitrogens is 1. The molecule has 1 fully saturated rings. The highest BCUT2D eigenvalue weighted by Crippen LogP contribution is 2.45. The van der Waals surface area contributed by atoms with Crippen LogP contribution in [0.4, 0.5) is 0 Å². The van der Waals surface area contributed by atoms with Crippen LogP contribution in [0, 0.1) is 34.5 Å². The van der Waals surface area contributed by atoms with E-state index in [1.807, 2.05) is 0 Å². The summed E-state index contributed by atoms with van der Waals surface area (Å²) in [6, 6.07) is 13.5. The number of hydrogen-bond donors (Lipinski definition) is 1. The topological polar surface area (TPSA) is 66.6 Å². The van der Waals surface area contributed by atoms with E-state index in [1.54, 1.807) is 0 Å². The lowest BCUT2D eigenvalue weighted by molar-refractivity contribution is 0.0477. The third-order valence-electron chi connectivity index (χ3n) is 5.49. The molecule has 2 aromatic rings. The average molecular weight is 304 g/mol. The summed E-state index contributed by atoms with van der Waals surface area (Å²) >= 11 is 0. The van der Waals surface area contributed by atoms with E-state index in [1.165, 1.54) is 22.2 Å². The third-order valence-corrected chi connectivity index (χ3v) is 5.49. The number of H-pyrrole nitrogens is 1. The van der Waals surface area contributed by atoms with Crippen LogP contribution in [-0.4, -0.2) is 23.0 Å². The van der Waals surface area contributed by atoms with Crippen molar-refractivity contribution in [2.24, 2.45) is 11.8 Å².